The topological polar surface area (TPSA) is 113 Å². The first-order valence-corrected chi connectivity index (χ1v) is 13.4. The van der Waals surface area contributed by atoms with Gasteiger partial charge in [-0.2, -0.15) is 0 Å². The Labute approximate surface area is 198 Å². The fourth-order valence-electron chi connectivity index (χ4n) is 3.11. The molecular weight excluding hydrogens is 481 g/mol. The van der Waals surface area contributed by atoms with E-state index in [0.717, 1.165) is 33.8 Å². The molecule has 3 aromatic carbocycles. The zero-order valence-corrected chi connectivity index (χ0v) is 20.4. The van der Waals surface area contributed by atoms with Crippen molar-refractivity contribution in [2.75, 3.05) is 27.1 Å². The van der Waals surface area contributed by atoms with Crippen LogP contribution in [0.5, 0.6) is 0 Å². The Morgan fingerprint density at radius 1 is 0.912 bits per heavy atom. The summed E-state index contributed by atoms with van der Waals surface area (Å²) in [4.78, 5) is 12.5. The Bertz CT molecular complexity index is 1410. The highest BCUT2D eigenvalue weighted by Crippen LogP contribution is 2.22. The number of nitrogens with one attached hydrogen (secondary N) is 2. The van der Waals surface area contributed by atoms with Crippen molar-refractivity contribution in [1.29, 1.82) is 0 Å². The van der Waals surface area contributed by atoms with Gasteiger partial charge in [-0.1, -0.05) is 12.1 Å². The number of carbonyl (C=O) groups is 1. The van der Waals surface area contributed by atoms with Crippen molar-refractivity contribution in [2.45, 2.75) is 18.7 Å². The van der Waals surface area contributed by atoms with E-state index in [1.807, 2.05) is 19.1 Å². The van der Waals surface area contributed by atoms with Crippen molar-refractivity contribution >= 4 is 43.0 Å². The molecule has 8 nitrogen and oxygen atoms in total. The van der Waals surface area contributed by atoms with E-state index in [0.29, 0.717) is 5.69 Å². The van der Waals surface area contributed by atoms with Gasteiger partial charge in [-0.25, -0.2) is 21.2 Å². The Balaban J connectivity index is 1.72. The molecule has 180 valence electrons. The van der Waals surface area contributed by atoms with Crippen LogP contribution in [0.2, 0.25) is 0 Å². The van der Waals surface area contributed by atoms with E-state index in [1.54, 1.807) is 13.0 Å². The lowest BCUT2D eigenvalue weighted by Crippen LogP contribution is -2.37. The van der Waals surface area contributed by atoms with E-state index in [1.165, 1.54) is 36.4 Å². The van der Waals surface area contributed by atoms with Gasteiger partial charge in [0.25, 0.3) is 10.0 Å². The predicted octanol–water partition coefficient (Wildman–Crippen LogP) is 3.65. The predicted molar refractivity (Wildman–Crippen MR) is 130 cm³/mol. The largest absolute Gasteiger partial charge is 0.325 e. The minimum Gasteiger partial charge on any atom is -0.325 e. The summed E-state index contributed by atoms with van der Waals surface area (Å²) in [6.45, 7) is 3.11. The third-order valence-electron chi connectivity index (χ3n) is 4.89. The molecule has 0 unspecified atom stereocenters. The SMILES string of the molecule is Cc1ccc(C)c(NS(=O)(=O)c2ccc(NC(=O)CN(c3ccc(F)cc3)S(C)(=O)=O)cc2)c1. The molecule has 0 radical (unpaired) electrons. The maximum absolute atomic E-state index is 13.2. The Kier molecular flexibility index (Phi) is 7.27. The molecule has 2 N–H and O–H groups in total. The van der Waals surface area contributed by atoms with Crippen LogP contribution in [0.3, 0.4) is 0 Å². The van der Waals surface area contributed by atoms with E-state index in [-0.39, 0.29) is 16.3 Å². The summed E-state index contributed by atoms with van der Waals surface area (Å²) in [5.74, 6) is -1.19. The van der Waals surface area contributed by atoms with E-state index >= 15 is 0 Å². The molecule has 0 fully saturated rings. The molecule has 0 aliphatic heterocycles. The number of rotatable bonds is 8. The first kappa shape index (κ1) is 25.2. The second-order valence-electron chi connectivity index (χ2n) is 7.74. The first-order chi connectivity index (χ1) is 15.8. The maximum Gasteiger partial charge on any atom is 0.261 e. The Hall–Kier alpha value is -3.44. The van der Waals surface area contributed by atoms with Crippen LogP contribution in [0, 0.1) is 19.7 Å². The van der Waals surface area contributed by atoms with Gasteiger partial charge in [0.15, 0.2) is 0 Å². The van der Waals surface area contributed by atoms with E-state index in [2.05, 4.69) is 10.0 Å². The number of halogens is 1. The summed E-state index contributed by atoms with van der Waals surface area (Å²) in [5.41, 5.74) is 2.57. The highest BCUT2D eigenvalue weighted by atomic mass is 32.2. The number of aryl methyl sites for hydroxylation is 2. The average Bonchev–Trinajstić information content (AvgIpc) is 2.75. The molecule has 3 rings (SSSR count). The van der Waals surface area contributed by atoms with Gasteiger partial charge in [0.1, 0.15) is 12.4 Å². The lowest BCUT2D eigenvalue weighted by Gasteiger charge is -2.21. The van der Waals surface area contributed by atoms with Crippen molar-refractivity contribution in [2.24, 2.45) is 0 Å². The summed E-state index contributed by atoms with van der Waals surface area (Å²) >= 11 is 0. The number of anilines is 3. The molecule has 1 amide bonds. The highest BCUT2D eigenvalue weighted by Gasteiger charge is 2.21. The minimum absolute atomic E-state index is 0.00419. The van der Waals surface area contributed by atoms with Crippen LogP contribution < -0.4 is 14.3 Å². The summed E-state index contributed by atoms with van der Waals surface area (Å²) in [5, 5.41) is 2.54. The second kappa shape index (κ2) is 9.82. The van der Waals surface area contributed by atoms with Gasteiger partial charge in [-0.15, -0.1) is 0 Å². The molecule has 0 saturated heterocycles. The number of carbonyl (C=O) groups excluding carboxylic acids is 1. The normalized spacial score (nSPS) is 11.6. The van der Waals surface area contributed by atoms with Crippen LogP contribution in [0.1, 0.15) is 11.1 Å². The summed E-state index contributed by atoms with van der Waals surface area (Å²) < 4.78 is 66.3. The number of nitrogens with zero attached hydrogens (tertiary/aromatic N) is 1. The van der Waals surface area contributed by atoms with Crippen LogP contribution in [0.25, 0.3) is 0 Å². The van der Waals surface area contributed by atoms with Crippen molar-refractivity contribution < 1.29 is 26.0 Å². The van der Waals surface area contributed by atoms with Crippen LogP contribution in [-0.2, 0) is 24.8 Å². The Morgan fingerprint density at radius 3 is 2.12 bits per heavy atom. The van der Waals surface area contributed by atoms with Gasteiger partial charge >= 0.3 is 0 Å². The van der Waals surface area contributed by atoms with Gasteiger partial charge in [-0.3, -0.25) is 13.8 Å². The molecule has 11 heteroatoms. The molecule has 0 spiro atoms. The van der Waals surface area contributed by atoms with Gasteiger partial charge in [-0.05, 0) is 79.6 Å². The number of amides is 1. The first-order valence-electron chi connectivity index (χ1n) is 10.1. The molecule has 0 bridgehead atoms. The number of sulfonamides is 2. The monoisotopic (exact) mass is 505 g/mol. The van der Waals surface area contributed by atoms with Crippen LogP contribution in [0.15, 0.2) is 71.6 Å². The smallest absolute Gasteiger partial charge is 0.261 e. The quantitative estimate of drug-likeness (QED) is 0.485. The molecule has 0 aliphatic carbocycles. The lowest BCUT2D eigenvalue weighted by atomic mass is 10.1. The van der Waals surface area contributed by atoms with Crippen molar-refractivity contribution in [3.05, 3.63) is 83.7 Å². The third kappa shape index (κ3) is 6.33. The van der Waals surface area contributed by atoms with Crippen LogP contribution in [0.4, 0.5) is 21.5 Å². The lowest BCUT2D eigenvalue weighted by molar-refractivity contribution is -0.114. The molecule has 0 atom stereocenters. The highest BCUT2D eigenvalue weighted by molar-refractivity contribution is 7.92. The van der Waals surface area contributed by atoms with Crippen molar-refractivity contribution in [3.8, 4) is 0 Å². The minimum atomic E-state index is -3.86. The summed E-state index contributed by atoms with van der Waals surface area (Å²) in [6, 6.07) is 15.6. The average molecular weight is 506 g/mol. The molecule has 0 saturated carbocycles. The second-order valence-corrected chi connectivity index (χ2v) is 11.3. The fourth-order valence-corrected chi connectivity index (χ4v) is 5.08. The van der Waals surface area contributed by atoms with E-state index in [9.17, 15) is 26.0 Å². The number of hydrogen-bond donors (Lipinski definition) is 2. The van der Waals surface area contributed by atoms with Crippen molar-refractivity contribution in [3.63, 3.8) is 0 Å². The zero-order chi connectivity index (χ0) is 25.1. The molecule has 0 aromatic heterocycles. The zero-order valence-electron chi connectivity index (χ0n) is 18.7. The molecule has 0 aliphatic rings. The number of benzene rings is 3. The maximum atomic E-state index is 13.2. The van der Waals surface area contributed by atoms with Gasteiger partial charge < -0.3 is 5.32 Å². The summed E-state index contributed by atoms with van der Waals surface area (Å²) in [7, 11) is -7.67. The van der Waals surface area contributed by atoms with E-state index < -0.39 is 38.3 Å². The molecule has 3 aromatic rings. The fraction of sp³-hybridized carbons (Fsp3) is 0.174. The number of hydrogen-bond acceptors (Lipinski definition) is 5. The third-order valence-corrected chi connectivity index (χ3v) is 7.41. The van der Waals surface area contributed by atoms with Crippen LogP contribution in [-0.4, -0.2) is 35.5 Å². The van der Waals surface area contributed by atoms with Crippen molar-refractivity contribution in [1.82, 2.24) is 0 Å². The van der Waals surface area contributed by atoms with E-state index in [4.69, 9.17) is 0 Å². The Morgan fingerprint density at radius 2 is 1.53 bits per heavy atom. The van der Waals surface area contributed by atoms with Gasteiger partial charge in [0.2, 0.25) is 15.9 Å². The standard InChI is InChI=1S/C23H24FN3O5S2/c1-16-4-5-17(2)22(14-16)26-34(31,32)21-12-8-19(9-13-21)25-23(28)15-27(33(3,29)30)20-10-6-18(24)7-11-20/h4-14,26H,15H2,1-3H3,(H,25,28). The van der Waals surface area contributed by atoms with Crippen LogP contribution >= 0.6 is 0 Å². The summed E-state index contributed by atoms with van der Waals surface area (Å²) in [6.07, 6.45) is 0.937. The van der Waals surface area contributed by atoms with Gasteiger partial charge in [0, 0.05) is 5.69 Å². The molecular formula is C23H24FN3O5S2. The molecule has 34 heavy (non-hydrogen) atoms. The molecule has 0 heterocycles. The van der Waals surface area contributed by atoms with Gasteiger partial charge in [0.05, 0.1) is 22.5 Å².